The molecule has 2 N–H and O–H groups in total. The van der Waals surface area contributed by atoms with Crippen molar-refractivity contribution in [3.05, 3.63) is 77.7 Å². The summed E-state index contributed by atoms with van der Waals surface area (Å²) < 4.78 is 5.22. The number of rotatable bonds is 4. The first kappa shape index (κ1) is 18.8. The minimum atomic E-state index is -1.04. The summed E-state index contributed by atoms with van der Waals surface area (Å²) in [6.45, 7) is 0. The Labute approximate surface area is 171 Å². The van der Waals surface area contributed by atoms with E-state index in [4.69, 9.17) is 16.0 Å². The fourth-order valence-electron chi connectivity index (χ4n) is 3.20. The molecule has 0 saturated carbocycles. The van der Waals surface area contributed by atoms with Crippen molar-refractivity contribution in [2.24, 2.45) is 0 Å². The summed E-state index contributed by atoms with van der Waals surface area (Å²) in [6, 6.07) is 15.6. The monoisotopic (exact) mass is 409 g/mol. The highest BCUT2D eigenvalue weighted by Crippen LogP contribution is 2.34. The van der Waals surface area contributed by atoms with Crippen LogP contribution in [0.2, 0.25) is 5.02 Å². The molecular formula is C21H16ClN3O4. The lowest BCUT2D eigenvalue weighted by Gasteiger charge is -2.35. The molecule has 0 spiro atoms. The van der Waals surface area contributed by atoms with Gasteiger partial charge in [0.2, 0.25) is 11.8 Å². The Kier molecular flexibility index (Phi) is 5.05. The number of para-hydroxylation sites is 2. The van der Waals surface area contributed by atoms with Crippen molar-refractivity contribution in [1.82, 2.24) is 0 Å². The minimum absolute atomic E-state index is 0.0785. The Morgan fingerprint density at radius 1 is 1.10 bits per heavy atom. The molecule has 3 aromatic rings. The molecule has 4 rings (SSSR count). The van der Waals surface area contributed by atoms with Gasteiger partial charge >= 0.3 is 0 Å². The number of hydrogen-bond acceptors (Lipinski definition) is 4. The molecule has 1 atom stereocenters. The van der Waals surface area contributed by atoms with Crippen LogP contribution in [0.15, 0.2) is 71.3 Å². The summed E-state index contributed by atoms with van der Waals surface area (Å²) in [4.78, 5) is 39.7. The predicted molar refractivity (Wildman–Crippen MR) is 109 cm³/mol. The van der Waals surface area contributed by atoms with Gasteiger partial charge in [-0.3, -0.25) is 19.3 Å². The van der Waals surface area contributed by atoms with Crippen LogP contribution in [-0.4, -0.2) is 23.8 Å². The van der Waals surface area contributed by atoms with Crippen molar-refractivity contribution in [2.45, 2.75) is 12.5 Å². The average Bonchev–Trinajstić information content (AvgIpc) is 3.23. The molecule has 2 aromatic carbocycles. The van der Waals surface area contributed by atoms with Crippen molar-refractivity contribution in [2.75, 3.05) is 15.5 Å². The number of amides is 3. The van der Waals surface area contributed by atoms with Gasteiger partial charge in [-0.2, -0.15) is 0 Å². The van der Waals surface area contributed by atoms with Gasteiger partial charge in [0, 0.05) is 10.7 Å². The quantitative estimate of drug-likeness (QED) is 0.683. The van der Waals surface area contributed by atoms with E-state index < -0.39 is 23.8 Å². The number of carbonyl (C=O) groups excluding carboxylic acids is 3. The first-order chi connectivity index (χ1) is 14.0. The van der Waals surface area contributed by atoms with Gasteiger partial charge < -0.3 is 15.1 Å². The van der Waals surface area contributed by atoms with Crippen molar-refractivity contribution in [1.29, 1.82) is 0 Å². The molecule has 2 heterocycles. The van der Waals surface area contributed by atoms with E-state index in [-0.39, 0.29) is 12.2 Å². The highest BCUT2D eigenvalue weighted by molar-refractivity contribution is 6.30. The lowest BCUT2D eigenvalue weighted by Crippen LogP contribution is -2.52. The van der Waals surface area contributed by atoms with Gasteiger partial charge in [0.25, 0.3) is 5.91 Å². The van der Waals surface area contributed by atoms with E-state index in [1.54, 1.807) is 54.6 Å². The third-order valence-corrected chi connectivity index (χ3v) is 4.71. The van der Waals surface area contributed by atoms with Gasteiger partial charge in [-0.15, -0.1) is 0 Å². The Balaban J connectivity index is 1.63. The maximum atomic E-state index is 13.1. The summed E-state index contributed by atoms with van der Waals surface area (Å²) in [5.74, 6) is -1.30. The molecule has 29 heavy (non-hydrogen) atoms. The van der Waals surface area contributed by atoms with E-state index in [1.807, 2.05) is 0 Å². The largest absolute Gasteiger partial charge is 0.459 e. The summed E-state index contributed by atoms with van der Waals surface area (Å²) in [5, 5.41) is 5.93. The SMILES string of the molecule is O=C(C[C@@H]1C(=O)Nc2ccccc2N1C(=O)c1ccco1)Nc1cccc(Cl)c1. The fraction of sp³-hybridized carbons (Fsp3) is 0.0952. The second-order valence-corrected chi connectivity index (χ2v) is 6.87. The number of nitrogens with zero attached hydrogens (tertiary/aromatic N) is 1. The second-order valence-electron chi connectivity index (χ2n) is 6.44. The van der Waals surface area contributed by atoms with Crippen LogP contribution in [0, 0.1) is 0 Å². The number of carbonyl (C=O) groups is 3. The Morgan fingerprint density at radius 2 is 1.93 bits per heavy atom. The lowest BCUT2D eigenvalue weighted by atomic mass is 10.0. The molecule has 146 valence electrons. The Hall–Kier alpha value is -3.58. The van der Waals surface area contributed by atoms with Crippen LogP contribution < -0.4 is 15.5 Å². The van der Waals surface area contributed by atoms with Crippen molar-refractivity contribution in [3.8, 4) is 0 Å². The van der Waals surface area contributed by atoms with Crippen molar-refractivity contribution < 1.29 is 18.8 Å². The number of anilines is 3. The standard InChI is InChI=1S/C21H16ClN3O4/c22-13-5-3-6-14(11-13)23-19(26)12-17-20(27)24-15-7-1-2-8-16(15)25(17)21(28)18-9-4-10-29-18/h1-11,17H,12H2,(H,23,26)(H,24,27)/t17-/m1/s1. The Morgan fingerprint density at radius 3 is 2.69 bits per heavy atom. The summed E-state index contributed by atoms with van der Waals surface area (Å²) in [6.07, 6.45) is 1.14. The van der Waals surface area contributed by atoms with Crippen LogP contribution in [-0.2, 0) is 9.59 Å². The normalized spacial score (nSPS) is 15.4. The average molecular weight is 410 g/mol. The van der Waals surface area contributed by atoms with Gasteiger partial charge in [0.05, 0.1) is 24.1 Å². The van der Waals surface area contributed by atoms with E-state index in [0.717, 1.165) is 0 Å². The molecule has 0 bridgehead atoms. The van der Waals surface area contributed by atoms with Crippen LogP contribution >= 0.6 is 11.6 Å². The van der Waals surface area contributed by atoms with E-state index in [0.29, 0.717) is 22.1 Å². The smallest absolute Gasteiger partial charge is 0.294 e. The first-order valence-electron chi connectivity index (χ1n) is 8.85. The number of furan rings is 1. The number of fused-ring (bicyclic) bond motifs is 1. The Bertz CT molecular complexity index is 1080. The molecule has 0 radical (unpaired) electrons. The maximum absolute atomic E-state index is 13.1. The zero-order valence-corrected chi connectivity index (χ0v) is 15.8. The highest BCUT2D eigenvalue weighted by atomic mass is 35.5. The highest BCUT2D eigenvalue weighted by Gasteiger charge is 2.39. The molecule has 1 aromatic heterocycles. The molecule has 0 fully saturated rings. The molecule has 8 heteroatoms. The third-order valence-electron chi connectivity index (χ3n) is 4.47. The van der Waals surface area contributed by atoms with E-state index in [9.17, 15) is 14.4 Å². The van der Waals surface area contributed by atoms with Crippen LogP contribution in [0.4, 0.5) is 17.1 Å². The molecule has 0 saturated heterocycles. The van der Waals surface area contributed by atoms with Crippen molar-refractivity contribution >= 4 is 46.4 Å². The van der Waals surface area contributed by atoms with Gasteiger partial charge in [-0.05, 0) is 42.5 Å². The number of halogens is 1. The fourth-order valence-corrected chi connectivity index (χ4v) is 3.39. The molecule has 1 aliphatic rings. The van der Waals surface area contributed by atoms with Crippen LogP contribution in [0.25, 0.3) is 0 Å². The van der Waals surface area contributed by atoms with Crippen LogP contribution in [0.5, 0.6) is 0 Å². The van der Waals surface area contributed by atoms with Crippen molar-refractivity contribution in [3.63, 3.8) is 0 Å². The summed E-state index contributed by atoms with van der Waals surface area (Å²) >= 11 is 5.94. The molecule has 0 aliphatic carbocycles. The second kappa shape index (κ2) is 7.81. The summed E-state index contributed by atoms with van der Waals surface area (Å²) in [5.41, 5.74) is 1.49. The molecule has 1 aliphatic heterocycles. The van der Waals surface area contributed by atoms with Crippen LogP contribution in [0.3, 0.4) is 0 Å². The molecular weight excluding hydrogens is 394 g/mol. The van der Waals surface area contributed by atoms with E-state index in [1.165, 1.54) is 17.2 Å². The minimum Gasteiger partial charge on any atom is -0.459 e. The summed E-state index contributed by atoms with van der Waals surface area (Å²) in [7, 11) is 0. The predicted octanol–water partition coefficient (Wildman–Crippen LogP) is 3.93. The zero-order valence-electron chi connectivity index (χ0n) is 15.1. The first-order valence-corrected chi connectivity index (χ1v) is 9.23. The number of nitrogens with one attached hydrogen (secondary N) is 2. The van der Waals surface area contributed by atoms with Gasteiger partial charge in [0.1, 0.15) is 6.04 Å². The topological polar surface area (TPSA) is 91.7 Å². The molecule has 7 nitrogen and oxygen atoms in total. The third kappa shape index (κ3) is 3.86. The van der Waals surface area contributed by atoms with Gasteiger partial charge in [0.15, 0.2) is 5.76 Å². The van der Waals surface area contributed by atoms with Gasteiger partial charge in [-0.1, -0.05) is 29.8 Å². The molecule has 3 amide bonds. The zero-order chi connectivity index (χ0) is 20.4. The maximum Gasteiger partial charge on any atom is 0.294 e. The number of hydrogen-bond donors (Lipinski definition) is 2. The van der Waals surface area contributed by atoms with E-state index >= 15 is 0 Å². The van der Waals surface area contributed by atoms with Gasteiger partial charge in [-0.25, -0.2) is 0 Å². The number of benzene rings is 2. The molecule has 0 unspecified atom stereocenters. The van der Waals surface area contributed by atoms with Crippen LogP contribution in [0.1, 0.15) is 17.0 Å². The van der Waals surface area contributed by atoms with E-state index in [2.05, 4.69) is 10.6 Å². The lowest BCUT2D eigenvalue weighted by molar-refractivity contribution is -0.122.